The third-order valence-corrected chi connectivity index (χ3v) is 2.85. The fraction of sp³-hybridized carbons (Fsp3) is 0.750. The van der Waals surface area contributed by atoms with Crippen LogP contribution in [0.25, 0.3) is 0 Å². The highest BCUT2D eigenvalue weighted by atomic mass is 19.3. The van der Waals surface area contributed by atoms with E-state index in [-0.39, 0.29) is 13.4 Å². The van der Waals surface area contributed by atoms with Crippen LogP contribution in [0.1, 0.15) is 0 Å². The summed E-state index contributed by atoms with van der Waals surface area (Å²) in [5.41, 5.74) is -1.56. The third-order valence-electron chi connectivity index (χ3n) is 2.85. The van der Waals surface area contributed by atoms with Crippen LogP contribution in [-0.2, 0) is 14.2 Å². The van der Waals surface area contributed by atoms with Gasteiger partial charge in [-0.05, 0) is 0 Å². The second-order valence-electron chi connectivity index (χ2n) is 3.49. The maximum Gasteiger partial charge on any atom is 0.310 e. The number of ether oxygens (including phenoxy) is 3. The zero-order valence-electron chi connectivity index (χ0n) is 6.70. The van der Waals surface area contributed by atoms with E-state index < -0.39 is 23.7 Å². The summed E-state index contributed by atoms with van der Waals surface area (Å²) in [5.74, 6) is -2.97. The number of halogens is 2. The van der Waals surface area contributed by atoms with E-state index >= 15 is 0 Å². The first kappa shape index (κ1) is 7.84. The lowest BCUT2D eigenvalue weighted by Gasteiger charge is -2.32. The molecule has 5 heteroatoms. The van der Waals surface area contributed by atoms with Crippen LogP contribution in [0.3, 0.4) is 0 Å². The first-order valence-corrected chi connectivity index (χ1v) is 4.10. The Morgan fingerprint density at radius 1 is 1.23 bits per heavy atom. The summed E-state index contributed by atoms with van der Waals surface area (Å²) in [5, 5.41) is 0. The number of hydrogen-bond donors (Lipinski definition) is 0. The van der Waals surface area contributed by atoms with E-state index in [0.717, 1.165) is 0 Å². The van der Waals surface area contributed by atoms with Crippen LogP contribution in [0.4, 0.5) is 8.78 Å². The van der Waals surface area contributed by atoms with Crippen molar-refractivity contribution in [3.63, 3.8) is 0 Å². The Morgan fingerprint density at radius 3 is 2.54 bits per heavy atom. The zero-order chi connectivity index (χ0) is 9.10. The van der Waals surface area contributed by atoms with E-state index in [1.165, 1.54) is 6.08 Å². The lowest BCUT2D eigenvalue weighted by atomic mass is 9.86. The highest BCUT2D eigenvalue weighted by Crippen LogP contribution is 2.52. The summed E-state index contributed by atoms with van der Waals surface area (Å²) < 4.78 is 42.2. The Hall–Kier alpha value is -0.520. The summed E-state index contributed by atoms with van der Waals surface area (Å²) in [4.78, 5) is 0. The molecule has 3 heterocycles. The van der Waals surface area contributed by atoms with Crippen molar-refractivity contribution in [1.29, 1.82) is 0 Å². The first-order chi connectivity index (χ1) is 6.17. The summed E-state index contributed by atoms with van der Waals surface area (Å²) in [6.07, 6.45) is 1.21. The van der Waals surface area contributed by atoms with Crippen molar-refractivity contribution < 1.29 is 23.0 Å². The topological polar surface area (TPSA) is 27.7 Å². The maximum absolute atomic E-state index is 13.6. The van der Waals surface area contributed by atoms with E-state index in [0.29, 0.717) is 0 Å². The van der Waals surface area contributed by atoms with E-state index in [2.05, 4.69) is 0 Å². The molecule has 3 aliphatic rings. The Bertz CT molecular complexity index is 271. The number of alkyl halides is 2. The van der Waals surface area contributed by atoms with Crippen LogP contribution >= 0.6 is 0 Å². The van der Waals surface area contributed by atoms with Crippen molar-refractivity contribution in [2.45, 2.75) is 23.7 Å². The number of rotatable bonds is 0. The zero-order valence-corrected chi connectivity index (χ0v) is 6.70. The molecule has 1 spiro atoms. The highest BCUT2D eigenvalue weighted by Gasteiger charge is 2.73. The van der Waals surface area contributed by atoms with E-state index in [1.54, 1.807) is 6.08 Å². The van der Waals surface area contributed by atoms with Crippen LogP contribution in [-0.4, -0.2) is 37.1 Å². The van der Waals surface area contributed by atoms with Crippen LogP contribution in [0.15, 0.2) is 12.2 Å². The highest BCUT2D eigenvalue weighted by molar-refractivity contribution is 5.27. The van der Waals surface area contributed by atoms with E-state index in [4.69, 9.17) is 14.2 Å². The maximum atomic E-state index is 13.6. The predicted molar refractivity (Wildman–Crippen MR) is 37.4 cm³/mol. The minimum atomic E-state index is -2.97. The van der Waals surface area contributed by atoms with Gasteiger partial charge in [0.05, 0.1) is 6.61 Å². The van der Waals surface area contributed by atoms with Gasteiger partial charge in [-0.15, -0.1) is 0 Å². The van der Waals surface area contributed by atoms with Crippen molar-refractivity contribution in [3.05, 3.63) is 12.2 Å². The van der Waals surface area contributed by atoms with Crippen molar-refractivity contribution >= 4 is 0 Å². The molecule has 0 unspecified atom stereocenters. The molecule has 0 aromatic heterocycles. The van der Waals surface area contributed by atoms with Gasteiger partial charge < -0.3 is 14.2 Å². The molecule has 0 aromatic carbocycles. The SMILES string of the molecule is FC1(F)[C@H]2C=C[C@H](O2)[C@@]12COCO2. The van der Waals surface area contributed by atoms with Gasteiger partial charge in [0, 0.05) is 0 Å². The molecule has 0 saturated carbocycles. The van der Waals surface area contributed by atoms with Gasteiger partial charge in [-0.2, -0.15) is 8.78 Å². The molecule has 3 rings (SSSR count). The molecule has 0 amide bonds. The van der Waals surface area contributed by atoms with E-state index in [1.807, 2.05) is 0 Å². The largest absolute Gasteiger partial charge is 0.357 e. The number of hydrogen-bond acceptors (Lipinski definition) is 3. The van der Waals surface area contributed by atoms with Crippen molar-refractivity contribution in [3.8, 4) is 0 Å². The van der Waals surface area contributed by atoms with Gasteiger partial charge in [0.2, 0.25) is 0 Å². The van der Waals surface area contributed by atoms with Gasteiger partial charge in [-0.25, -0.2) is 0 Å². The van der Waals surface area contributed by atoms with Crippen LogP contribution in [0.5, 0.6) is 0 Å². The summed E-state index contributed by atoms with van der Waals surface area (Å²) in [7, 11) is 0. The fourth-order valence-corrected chi connectivity index (χ4v) is 2.09. The van der Waals surface area contributed by atoms with E-state index in [9.17, 15) is 8.78 Å². The van der Waals surface area contributed by atoms with Crippen LogP contribution in [0, 0.1) is 0 Å². The third kappa shape index (κ3) is 0.697. The van der Waals surface area contributed by atoms with Crippen molar-refractivity contribution in [1.82, 2.24) is 0 Å². The van der Waals surface area contributed by atoms with Gasteiger partial charge in [0.15, 0.2) is 5.60 Å². The molecular formula is C8H8F2O3. The quantitative estimate of drug-likeness (QED) is 0.526. The molecular weight excluding hydrogens is 182 g/mol. The average molecular weight is 190 g/mol. The predicted octanol–water partition coefficient (Wildman–Crippen LogP) is 0.702. The lowest BCUT2D eigenvalue weighted by molar-refractivity contribution is -0.166. The molecule has 0 aromatic rings. The summed E-state index contributed by atoms with van der Waals surface area (Å²) in [6.45, 7) is -0.165. The second-order valence-corrected chi connectivity index (χ2v) is 3.49. The van der Waals surface area contributed by atoms with Gasteiger partial charge in [0.25, 0.3) is 0 Å². The molecule has 3 nitrogen and oxygen atoms in total. The molecule has 0 N–H and O–H groups in total. The van der Waals surface area contributed by atoms with Gasteiger partial charge in [0.1, 0.15) is 19.0 Å². The van der Waals surface area contributed by atoms with Gasteiger partial charge in [-0.1, -0.05) is 12.2 Å². The average Bonchev–Trinajstić information content (AvgIpc) is 2.75. The van der Waals surface area contributed by atoms with Crippen LogP contribution < -0.4 is 0 Å². The molecule has 2 saturated heterocycles. The molecule has 72 valence electrons. The minimum absolute atomic E-state index is 0.0734. The van der Waals surface area contributed by atoms with Crippen LogP contribution in [0.2, 0.25) is 0 Å². The van der Waals surface area contributed by atoms with Gasteiger partial charge in [-0.3, -0.25) is 0 Å². The second kappa shape index (κ2) is 2.10. The lowest BCUT2D eigenvalue weighted by Crippen LogP contribution is -2.56. The van der Waals surface area contributed by atoms with Gasteiger partial charge >= 0.3 is 5.92 Å². The standard InChI is InChI=1S/C8H8F2O3/c9-8(10)6-2-1-5(13-6)7(8)3-11-4-12-7/h1-2,5-6H,3-4H2/t5-,6+,7-/m0/s1. The molecule has 0 radical (unpaired) electrons. The molecule has 3 atom stereocenters. The minimum Gasteiger partial charge on any atom is -0.357 e. The Labute approximate surface area is 73.3 Å². The molecule has 0 aliphatic carbocycles. The smallest absolute Gasteiger partial charge is 0.310 e. The van der Waals surface area contributed by atoms with Crippen molar-refractivity contribution in [2.75, 3.05) is 13.4 Å². The van der Waals surface area contributed by atoms with Crippen molar-refractivity contribution in [2.24, 2.45) is 0 Å². The summed E-state index contributed by atoms with van der Waals surface area (Å²) in [6, 6.07) is 0. The Kier molecular flexibility index (Phi) is 1.27. The Balaban J connectivity index is 2.07. The monoisotopic (exact) mass is 190 g/mol. The fourth-order valence-electron chi connectivity index (χ4n) is 2.09. The molecule has 3 aliphatic heterocycles. The molecule has 2 bridgehead atoms. The molecule has 2 fully saturated rings. The first-order valence-electron chi connectivity index (χ1n) is 4.10. The molecule has 13 heavy (non-hydrogen) atoms. The Morgan fingerprint density at radius 2 is 2.00 bits per heavy atom. The number of fused-ring (bicyclic) bond motifs is 3. The summed E-state index contributed by atoms with van der Waals surface area (Å²) >= 11 is 0. The normalized spacial score (nSPS) is 50.9.